The van der Waals surface area contributed by atoms with Gasteiger partial charge in [-0.15, -0.1) is 0 Å². The SMILES string of the molecule is C1=Cc2c(ccc3c2-c2c(-c4c5cccc(-c6ccc7oc8ccccc8c7c6)c5cc5c(-c6ccc7oc8ccccc8c7c6)cccc45)cccc2C32c3ccccc3-c3ccccc32)CC1. The molecule has 0 N–H and O–H groups in total. The summed E-state index contributed by atoms with van der Waals surface area (Å²) in [6.45, 7) is 0. The molecule has 0 atom stereocenters. The molecule has 0 amide bonds. The quantitative estimate of drug-likeness (QED) is 0.165. The summed E-state index contributed by atoms with van der Waals surface area (Å²) in [4.78, 5) is 0. The molecule has 0 saturated heterocycles. The molecule has 1 spiro atoms. The first-order chi connectivity index (χ1) is 34.2. The zero-order valence-corrected chi connectivity index (χ0v) is 37.5. The first-order valence-corrected chi connectivity index (χ1v) is 24.2. The summed E-state index contributed by atoms with van der Waals surface area (Å²) in [5.74, 6) is 0. The maximum Gasteiger partial charge on any atom is 0.135 e. The monoisotopic (exact) mass is 876 g/mol. The van der Waals surface area contributed by atoms with E-state index in [2.05, 4.69) is 206 Å². The smallest absolute Gasteiger partial charge is 0.135 e. The topological polar surface area (TPSA) is 26.3 Å². The van der Waals surface area contributed by atoms with E-state index in [1.807, 2.05) is 12.1 Å². The highest BCUT2D eigenvalue weighted by atomic mass is 16.3. The zero-order valence-electron chi connectivity index (χ0n) is 37.5. The predicted octanol–water partition coefficient (Wildman–Crippen LogP) is 18.1. The molecule has 320 valence electrons. The highest BCUT2D eigenvalue weighted by Crippen LogP contribution is 2.65. The van der Waals surface area contributed by atoms with Gasteiger partial charge in [-0.25, -0.2) is 0 Å². The molecule has 0 saturated carbocycles. The van der Waals surface area contributed by atoms with Gasteiger partial charge in [-0.2, -0.15) is 0 Å². The van der Waals surface area contributed by atoms with Crippen LogP contribution < -0.4 is 0 Å². The van der Waals surface area contributed by atoms with Crippen molar-refractivity contribution in [1.82, 2.24) is 0 Å². The van der Waals surface area contributed by atoms with Crippen LogP contribution in [-0.4, -0.2) is 0 Å². The third kappa shape index (κ3) is 4.90. The van der Waals surface area contributed by atoms with Crippen LogP contribution in [0.3, 0.4) is 0 Å². The number of rotatable bonds is 3. The molecule has 2 heterocycles. The van der Waals surface area contributed by atoms with Crippen LogP contribution in [0.1, 0.15) is 39.8 Å². The van der Waals surface area contributed by atoms with Gasteiger partial charge in [0.2, 0.25) is 0 Å². The van der Waals surface area contributed by atoms with E-state index in [9.17, 15) is 0 Å². The third-order valence-electron chi connectivity index (χ3n) is 16.0. The molecule has 3 aliphatic rings. The van der Waals surface area contributed by atoms with Crippen molar-refractivity contribution in [3.63, 3.8) is 0 Å². The summed E-state index contributed by atoms with van der Waals surface area (Å²) in [6, 6.07) is 77.0. The van der Waals surface area contributed by atoms with Gasteiger partial charge in [0.25, 0.3) is 0 Å². The minimum Gasteiger partial charge on any atom is -0.456 e. The number of furan rings is 2. The van der Waals surface area contributed by atoms with Crippen LogP contribution in [0.5, 0.6) is 0 Å². The molecule has 2 nitrogen and oxygen atoms in total. The molecule has 3 aliphatic carbocycles. The fourth-order valence-electron chi connectivity index (χ4n) is 13.1. The second kappa shape index (κ2) is 13.7. The summed E-state index contributed by atoms with van der Waals surface area (Å²) in [5.41, 5.74) is 23.9. The first-order valence-electron chi connectivity index (χ1n) is 24.2. The van der Waals surface area contributed by atoms with Gasteiger partial charge in [-0.3, -0.25) is 0 Å². The van der Waals surface area contributed by atoms with E-state index >= 15 is 0 Å². The number of aryl methyl sites for hydroxylation is 1. The standard InChI is InChI=1S/C67H40O2/c1-2-15-44-39(14-1)30-33-59-65(44)66-51(24-13-27-58(66)67(59)56-25-7-3-16-45(56)46-17-4-8-26-57(46)67)64-49-22-11-20-42(40-31-34-62-54(36-40)47-18-5-9-28-60(47)68-62)52(49)38-53-43(21-12-23-50(53)64)41-32-35-63-55(37-41)48-19-6-10-29-61(48)69-63/h2-13,15-38H,1,14H2. The van der Waals surface area contributed by atoms with Crippen LogP contribution in [0.2, 0.25) is 0 Å². The summed E-state index contributed by atoms with van der Waals surface area (Å²) in [5, 5.41) is 9.40. The van der Waals surface area contributed by atoms with Gasteiger partial charge < -0.3 is 8.83 Å². The van der Waals surface area contributed by atoms with Gasteiger partial charge in [0.15, 0.2) is 0 Å². The van der Waals surface area contributed by atoms with Crippen molar-refractivity contribution in [2.24, 2.45) is 0 Å². The van der Waals surface area contributed by atoms with E-state index in [4.69, 9.17) is 8.83 Å². The van der Waals surface area contributed by atoms with Crippen LogP contribution in [-0.2, 0) is 11.8 Å². The summed E-state index contributed by atoms with van der Waals surface area (Å²) < 4.78 is 12.7. The molecular weight excluding hydrogens is 837 g/mol. The summed E-state index contributed by atoms with van der Waals surface area (Å²) in [7, 11) is 0. The number of hydrogen-bond donors (Lipinski definition) is 0. The Bertz CT molecular complexity index is 4220. The predicted molar refractivity (Wildman–Crippen MR) is 286 cm³/mol. The van der Waals surface area contributed by atoms with Crippen molar-refractivity contribution in [1.29, 1.82) is 0 Å². The van der Waals surface area contributed by atoms with Gasteiger partial charge in [0.1, 0.15) is 22.3 Å². The molecule has 16 rings (SSSR count). The second-order valence-corrected chi connectivity index (χ2v) is 19.2. The number of hydrogen-bond acceptors (Lipinski definition) is 2. The van der Waals surface area contributed by atoms with E-state index in [1.54, 1.807) is 0 Å². The average Bonchev–Trinajstić information content (AvgIpc) is 4.15. The van der Waals surface area contributed by atoms with Crippen molar-refractivity contribution in [3.05, 3.63) is 246 Å². The number of para-hydroxylation sites is 2. The Morgan fingerprint density at radius 1 is 0.319 bits per heavy atom. The molecule has 0 fully saturated rings. The Labute approximate surface area is 398 Å². The van der Waals surface area contributed by atoms with Crippen molar-refractivity contribution in [3.8, 4) is 55.6 Å². The van der Waals surface area contributed by atoms with Crippen LogP contribution >= 0.6 is 0 Å². The average molecular weight is 877 g/mol. The minimum atomic E-state index is -0.476. The Kier molecular flexibility index (Phi) is 7.42. The molecular formula is C67H40O2. The fourth-order valence-corrected chi connectivity index (χ4v) is 13.1. The maximum absolute atomic E-state index is 6.36. The molecule has 13 aromatic rings. The second-order valence-electron chi connectivity index (χ2n) is 19.2. The Hall–Kier alpha value is -8.72. The number of benzene rings is 11. The van der Waals surface area contributed by atoms with Gasteiger partial charge >= 0.3 is 0 Å². The molecule has 0 radical (unpaired) electrons. The fraction of sp³-hybridized carbons (Fsp3) is 0.0448. The van der Waals surface area contributed by atoms with E-state index < -0.39 is 5.41 Å². The van der Waals surface area contributed by atoms with Crippen LogP contribution in [0.15, 0.2) is 221 Å². The largest absolute Gasteiger partial charge is 0.456 e. The third-order valence-corrected chi connectivity index (χ3v) is 16.0. The normalized spacial score (nSPS) is 14.0. The summed E-state index contributed by atoms with van der Waals surface area (Å²) in [6.07, 6.45) is 6.90. The number of fused-ring (bicyclic) bond motifs is 20. The Balaban J connectivity index is 1.05. The lowest BCUT2D eigenvalue weighted by atomic mass is 9.70. The first kappa shape index (κ1) is 37.4. The molecule has 0 aliphatic heterocycles. The lowest BCUT2D eigenvalue weighted by molar-refractivity contribution is 0.668. The van der Waals surface area contributed by atoms with Gasteiger partial charge in [-0.1, -0.05) is 176 Å². The minimum absolute atomic E-state index is 0.476. The molecule has 0 bridgehead atoms. The van der Waals surface area contributed by atoms with Gasteiger partial charge in [0, 0.05) is 21.5 Å². The molecule has 2 heteroatoms. The van der Waals surface area contributed by atoms with Crippen molar-refractivity contribution in [2.75, 3.05) is 0 Å². The van der Waals surface area contributed by atoms with Crippen molar-refractivity contribution in [2.45, 2.75) is 18.3 Å². The van der Waals surface area contributed by atoms with Crippen molar-refractivity contribution < 1.29 is 8.83 Å². The lowest BCUT2D eigenvalue weighted by Crippen LogP contribution is -2.26. The maximum atomic E-state index is 6.36. The van der Waals surface area contributed by atoms with Crippen LogP contribution in [0.25, 0.3) is 127 Å². The zero-order chi connectivity index (χ0) is 45.0. The Morgan fingerprint density at radius 2 is 0.812 bits per heavy atom. The summed E-state index contributed by atoms with van der Waals surface area (Å²) >= 11 is 0. The van der Waals surface area contributed by atoms with E-state index in [1.165, 1.54) is 99.4 Å². The van der Waals surface area contributed by atoms with E-state index in [0.717, 1.165) is 67.8 Å². The molecule has 2 aromatic heterocycles. The lowest BCUT2D eigenvalue weighted by Gasteiger charge is -2.31. The Morgan fingerprint density at radius 3 is 1.45 bits per heavy atom. The van der Waals surface area contributed by atoms with Crippen LogP contribution in [0.4, 0.5) is 0 Å². The molecule has 69 heavy (non-hydrogen) atoms. The number of allylic oxidation sites excluding steroid dienone is 1. The van der Waals surface area contributed by atoms with Gasteiger partial charge in [0.05, 0.1) is 5.41 Å². The van der Waals surface area contributed by atoms with E-state index in [0.29, 0.717) is 0 Å². The van der Waals surface area contributed by atoms with Crippen molar-refractivity contribution >= 4 is 71.5 Å². The van der Waals surface area contributed by atoms with Crippen LogP contribution in [0, 0.1) is 0 Å². The van der Waals surface area contributed by atoms with E-state index in [-0.39, 0.29) is 0 Å². The highest BCUT2D eigenvalue weighted by Gasteiger charge is 2.53. The van der Waals surface area contributed by atoms with Gasteiger partial charge in [-0.05, 0) is 166 Å². The molecule has 0 unspecified atom stereocenters. The highest BCUT2D eigenvalue weighted by molar-refractivity contribution is 6.22. The molecule has 11 aromatic carbocycles.